The summed E-state index contributed by atoms with van der Waals surface area (Å²) in [6.07, 6.45) is 1.98. The van der Waals surface area contributed by atoms with Gasteiger partial charge in [-0.15, -0.1) is 12.4 Å². The minimum absolute atomic E-state index is 0. The Balaban J connectivity index is 0.00000121. The van der Waals surface area contributed by atoms with E-state index in [1.165, 1.54) is 0 Å². The van der Waals surface area contributed by atoms with Gasteiger partial charge < -0.3 is 15.7 Å². The predicted molar refractivity (Wildman–Crippen MR) is 48.4 cm³/mol. The lowest BCUT2D eigenvalue weighted by atomic mass is 10.2. The van der Waals surface area contributed by atoms with E-state index in [4.69, 9.17) is 5.11 Å². The van der Waals surface area contributed by atoms with Gasteiger partial charge in [-0.05, 0) is 19.4 Å². The summed E-state index contributed by atoms with van der Waals surface area (Å²) in [5.74, 6) is 0.0107. The molecule has 0 bridgehead atoms. The Morgan fingerprint density at radius 3 is 2.92 bits per heavy atom. The minimum atomic E-state index is -0.0263. The van der Waals surface area contributed by atoms with Crippen molar-refractivity contribution in [1.82, 2.24) is 10.6 Å². The summed E-state index contributed by atoms with van der Waals surface area (Å²) in [5.41, 5.74) is 0. The lowest BCUT2D eigenvalue weighted by Crippen LogP contribution is -2.41. The van der Waals surface area contributed by atoms with Crippen LogP contribution in [0.3, 0.4) is 0 Å². The highest BCUT2D eigenvalue weighted by molar-refractivity contribution is 5.85. The Morgan fingerprint density at radius 1 is 1.67 bits per heavy atom. The van der Waals surface area contributed by atoms with Gasteiger partial charge in [0.2, 0.25) is 5.91 Å². The van der Waals surface area contributed by atoms with Crippen molar-refractivity contribution in [3.63, 3.8) is 0 Å². The van der Waals surface area contributed by atoms with Gasteiger partial charge in [-0.1, -0.05) is 0 Å². The van der Waals surface area contributed by atoms with E-state index in [2.05, 4.69) is 10.6 Å². The molecule has 1 fully saturated rings. The van der Waals surface area contributed by atoms with E-state index >= 15 is 0 Å². The fraction of sp³-hybridized carbons (Fsp3) is 0.857. The fourth-order valence-electron chi connectivity index (χ4n) is 1.21. The van der Waals surface area contributed by atoms with E-state index in [9.17, 15) is 4.79 Å². The lowest BCUT2D eigenvalue weighted by Gasteiger charge is -2.09. The van der Waals surface area contributed by atoms with Gasteiger partial charge in [-0.2, -0.15) is 0 Å². The van der Waals surface area contributed by atoms with E-state index < -0.39 is 0 Å². The molecule has 0 spiro atoms. The Kier molecular flexibility index (Phi) is 6.06. The van der Waals surface area contributed by atoms with E-state index in [0.29, 0.717) is 6.54 Å². The summed E-state index contributed by atoms with van der Waals surface area (Å²) >= 11 is 0. The van der Waals surface area contributed by atoms with Crippen molar-refractivity contribution in [1.29, 1.82) is 0 Å². The third-order valence-electron chi connectivity index (χ3n) is 1.79. The van der Waals surface area contributed by atoms with Crippen LogP contribution in [0.4, 0.5) is 0 Å². The molecule has 72 valence electrons. The van der Waals surface area contributed by atoms with Crippen molar-refractivity contribution >= 4 is 18.3 Å². The molecule has 0 aromatic carbocycles. The van der Waals surface area contributed by atoms with Gasteiger partial charge in [0, 0.05) is 6.54 Å². The van der Waals surface area contributed by atoms with Crippen molar-refractivity contribution in [3.8, 4) is 0 Å². The Morgan fingerprint density at radius 2 is 2.42 bits per heavy atom. The molecule has 0 saturated carbocycles. The molecular formula is C7H15ClN2O2. The first-order chi connectivity index (χ1) is 5.34. The van der Waals surface area contributed by atoms with Gasteiger partial charge in [0.05, 0.1) is 12.6 Å². The van der Waals surface area contributed by atoms with Crippen LogP contribution in [-0.4, -0.2) is 36.8 Å². The Hall–Kier alpha value is -0.320. The molecule has 1 aliphatic rings. The second kappa shape index (κ2) is 6.22. The monoisotopic (exact) mass is 194 g/mol. The molecule has 5 heteroatoms. The van der Waals surface area contributed by atoms with Gasteiger partial charge in [0.1, 0.15) is 0 Å². The molecule has 0 radical (unpaired) electrons. The maximum atomic E-state index is 11.1. The molecule has 0 aliphatic carbocycles. The standard InChI is InChI=1S/C7H14N2O2.ClH/c10-5-4-9-7(11)6-2-1-3-8-6;/h6,8,10H,1-5H2,(H,9,11);1H/t6-;/m0./s1. The van der Waals surface area contributed by atoms with Crippen LogP contribution in [0, 0.1) is 0 Å². The molecule has 0 aromatic heterocycles. The zero-order valence-corrected chi connectivity index (χ0v) is 7.69. The van der Waals surface area contributed by atoms with Crippen LogP contribution < -0.4 is 10.6 Å². The van der Waals surface area contributed by atoms with E-state index in [1.807, 2.05) is 0 Å². The van der Waals surface area contributed by atoms with Crippen LogP contribution in [0.2, 0.25) is 0 Å². The first kappa shape index (κ1) is 11.7. The van der Waals surface area contributed by atoms with Crippen LogP contribution in [0.5, 0.6) is 0 Å². The number of halogens is 1. The number of carbonyl (C=O) groups is 1. The third kappa shape index (κ3) is 3.38. The molecular weight excluding hydrogens is 180 g/mol. The average Bonchev–Trinajstić information content (AvgIpc) is 2.52. The molecule has 1 amide bonds. The Labute approximate surface area is 78.1 Å². The maximum Gasteiger partial charge on any atom is 0.237 e. The number of aliphatic hydroxyl groups excluding tert-OH is 1. The van der Waals surface area contributed by atoms with Crippen molar-refractivity contribution in [2.45, 2.75) is 18.9 Å². The normalized spacial score (nSPS) is 21.6. The number of aliphatic hydroxyl groups is 1. The average molecular weight is 195 g/mol. The number of carbonyl (C=O) groups excluding carboxylic acids is 1. The summed E-state index contributed by atoms with van der Waals surface area (Å²) < 4.78 is 0. The SMILES string of the molecule is Cl.O=C(NCCO)[C@@H]1CCCN1. The molecule has 3 N–H and O–H groups in total. The van der Waals surface area contributed by atoms with Gasteiger partial charge in [-0.25, -0.2) is 0 Å². The van der Waals surface area contributed by atoms with E-state index in [-0.39, 0.29) is 31.0 Å². The zero-order valence-electron chi connectivity index (χ0n) is 6.88. The van der Waals surface area contributed by atoms with Crippen molar-refractivity contribution in [2.24, 2.45) is 0 Å². The van der Waals surface area contributed by atoms with Crippen molar-refractivity contribution < 1.29 is 9.90 Å². The van der Waals surface area contributed by atoms with Crippen LogP contribution in [0.15, 0.2) is 0 Å². The maximum absolute atomic E-state index is 11.1. The quantitative estimate of drug-likeness (QED) is 0.555. The summed E-state index contributed by atoms with van der Waals surface area (Å²) in [7, 11) is 0. The Bertz CT molecular complexity index is 137. The van der Waals surface area contributed by atoms with Crippen LogP contribution >= 0.6 is 12.4 Å². The molecule has 0 aromatic rings. The minimum Gasteiger partial charge on any atom is -0.395 e. The number of hydrogen-bond acceptors (Lipinski definition) is 3. The van der Waals surface area contributed by atoms with Gasteiger partial charge in [0.15, 0.2) is 0 Å². The summed E-state index contributed by atoms with van der Waals surface area (Å²) in [6.45, 7) is 1.30. The van der Waals surface area contributed by atoms with E-state index in [1.54, 1.807) is 0 Å². The number of hydrogen-bond donors (Lipinski definition) is 3. The van der Waals surface area contributed by atoms with Crippen molar-refractivity contribution in [2.75, 3.05) is 19.7 Å². The van der Waals surface area contributed by atoms with E-state index in [0.717, 1.165) is 19.4 Å². The van der Waals surface area contributed by atoms with Crippen molar-refractivity contribution in [3.05, 3.63) is 0 Å². The van der Waals surface area contributed by atoms with Gasteiger partial charge in [0.25, 0.3) is 0 Å². The highest BCUT2D eigenvalue weighted by atomic mass is 35.5. The highest BCUT2D eigenvalue weighted by Crippen LogP contribution is 2.03. The second-order valence-corrected chi connectivity index (χ2v) is 2.66. The lowest BCUT2D eigenvalue weighted by molar-refractivity contribution is -0.122. The smallest absolute Gasteiger partial charge is 0.237 e. The molecule has 1 atom stereocenters. The molecule has 1 aliphatic heterocycles. The first-order valence-corrected chi connectivity index (χ1v) is 3.96. The topological polar surface area (TPSA) is 61.4 Å². The summed E-state index contributed by atoms with van der Waals surface area (Å²) in [5, 5.41) is 14.1. The molecule has 12 heavy (non-hydrogen) atoms. The fourth-order valence-corrected chi connectivity index (χ4v) is 1.21. The number of rotatable bonds is 3. The summed E-state index contributed by atoms with van der Waals surface area (Å²) in [6, 6.07) is -0.0263. The molecule has 1 saturated heterocycles. The van der Waals surface area contributed by atoms with Gasteiger partial charge in [-0.3, -0.25) is 4.79 Å². The van der Waals surface area contributed by atoms with Crippen LogP contribution in [-0.2, 0) is 4.79 Å². The third-order valence-corrected chi connectivity index (χ3v) is 1.79. The molecule has 0 unspecified atom stereocenters. The van der Waals surface area contributed by atoms with Crippen LogP contribution in [0.25, 0.3) is 0 Å². The second-order valence-electron chi connectivity index (χ2n) is 2.66. The number of amides is 1. The number of nitrogens with one attached hydrogen (secondary N) is 2. The predicted octanol–water partition coefficient (Wildman–Crippen LogP) is -0.731. The zero-order chi connectivity index (χ0) is 8.10. The molecule has 4 nitrogen and oxygen atoms in total. The largest absolute Gasteiger partial charge is 0.395 e. The highest BCUT2D eigenvalue weighted by Gasteiger charge is 2.20. The molecule has 1 heterocycles. The van der Waals surface area contributed by atoms with Gasteiger partial charge >= 0.3 is 0 Å². The van der Waals surface area contributed by atoms with Crippen LogP contribution in [0.1, 0.15) is 12.8 Å². The summed E-state index contributed by atoms with van der Waals surface area (Å²) in [4.78, 5) is 11.1. The molecule has 1 rings (SSSR count). The first-order valence-electron chi connectivity index (χ1n) is 3.96.